The van der Waals surface area contributed by atoms with Crippen molar-refractivity contribution in [3.05, 3.63) is 35.5 Å². The molecular formula is C23H34N2. The van der Waals surface area contributed by atoms with Crippen molar-refractivity contribution in [2.24, 2.45) is 5.41 Å². The lowest BCUT2D eigenvalue weighted by Gasteiger charge is -2.41. The second-order valence-corrected chi connectivity index (χ2v) is 8.36. The maximum absolute atomic E-state index is 2.67. The van der Waals surface area contributed by atoms with Crippen LogP contribution in [0.2, 0.25) is 0 Å². The van der Waals surface area contributed by atoms with Gasteiger partial charge in [0.15, 0.2) is 0 Å². The molecule has 0 N–H and O–H groups in total. The Morgan fingerprint density at radius 1 is 1.00 bits per heavy atom. The summed E-state index contributed by atoms with van der Waals surface area (Å²) in [5, 5.41) is 1.54. The van der Waals surface area contributed by atoms with Gasteiger partial charge in [0.05, 0.1) is 0 Å². The van der Waals surface area contributed by atoms with E-state index in [1.165, 1.54) is 63.4 Å². The number of benzene rings is 1. The van der Waals surface area contributed by atoms with Crippen molar-refractivity contribution in [3.63, 3.8) is 0 Å². The summed E-state index contributed by atoms with van der Waals surface area (Å²) in [5.41, 5.74) is 5.46. The van der Waals surface area contributed by atoms with E-state index < -0.39 is 0 Å². The van der Waals surface area contributed by atoms with E-state index in [0.29, 0.717) is 5.41 Å². The number of hydrogen-bond donors (Lipinski definition) is 0. The van der Waals surface area contributed by atoms with E-state index in [-0.39, 0.29) is 0 Å². The number of fused-ring (bicyclic) bond motifs is 3. The Bertz CT molecular complexity index is 717. The molecule has 4 rings (SSSR count). The number of hydrogen-bond acceptors (Lipinski definition) is 1. The smallest absolute Gasteiger partial charge is 0.0485 e. The Morgan fingerprint density at radius 3 is 2.52 bits per heavy atom. The average Bonchev–Trinajstić information content (AvgIpc) is 2.96. The maximum atomic E-state index is 2.67. The number of nitrogens with zero attached hydrogens (tertiary/aromatic N) is 2. The van der Waals surface area contributed by atoms with Gasteiger partial charge in [0, 0.05) is 29.7 Å². The lowest BCUT2D eigenvalue weighted by atomic mass is 9.65. The van der Waals surface area contributed by atoms with E-state index in [9.17, 15) is 0 Å². The van der Waals surface area contributed by atoms with E-state index in [0.717, 1.165) is 19.6 Å². The van der Waals surface area contributed by atoms with Gasteiger partial charge in [0.2, 0.25) is 0 Å². The molecule has 1 aromatic carbocycles. The zero-order chi connectivity index (χ0) is 17.3. The first-order valence-electron chi connectivity index (χ1n) is 10.6. The number of aromatic nitrogens is 1. The molecule has 1 heterocycles. The minimum Gasteiger partial charge on any atom is -0.343 e. The van der Waals surface area contributed by atoms with Crippen molar-refractivity contribution >= 4 is 10.9 Å². The topological polar surface area (TPSA) is 8.17 Å². The predicted octanol–water partition coefficient (Wildman–Crippen LogP) is 5.42. The van der Waals surface area contributed by atoms with E-state index in [1.807, 2.05) is 0 Å². The van der Waals surface area contributed by atoms with Crippen LogP contribution in [-0.4, -0.2) is 29.1 Å². The second-order valence-electron chi connectivity index (χ2n) is 8.36. The van der Waals surface area contributed by atoms with Crippen molar-refractivity contribution in [1.82, 2.24) is 9.47 Å². The van der Waals surface area contributed by atoms with Gasteiger partial charge >= 0.3 is 0 Å². The van der Waals surface area contributed by atoms with Crippen LogP contribution in [-0.2, 0) is 19.4 Å². The van der Waals surface area contributed by atoms with Crippen molar-refractivity contribution in [2.45, 2.75) is 71.8 Å². The SMILES string of the molecule is CCN(CC)CCn1c2c(c3ccccc31)CC1(CCCCC1)CC2. The summed E-state index contributed by atoms with van der Waals surface area (Å²) in [7, 11) is 0. The fourth-order valence-electron chi connectivity index (χ4n) is 5.52. The van der Waals surface area contributed by atoms with Crippen molar-refractivity contribution in [1.29, 1.82) is 0 Å². The largest absolute Gasteiger partial charge is 0.343 e. The van der Waals surface area contributed by atoms with Crippen LogP contribution in [0, 0.1) is 5.41 Å². The highest BCUT2D eigenvalue weighted by molar-refractivity contribution is 5.86. The highest BCUT2D eigenvalue weighted by Gasteiger charge is 2.37. The van der Waals surface area contributed by atoms with E-state index in [1.54, 1.807) is 16.6 Å². The van der Waals surface area contributed by atoms with Crippen LogP contribution in [0.5, 0.6) is 0 Å². The molecular weight excluding hydrogens is 304 g/mol. The van der Waals surface area contributed by atoms with Gasteiger partial charge in [-0.1, -0.05) is 51.3 Å². The van der Waals surface area contributed by atoms with E-state index in [2.05, 4.69) is 47.6 Å². The average molecular weight is 339 g/mol. The molecule has 0 amide bonds. The van der Waals surface area contributed by atoms with E-state index >= 15 is 0 Å². The van der Waals surface area contributed by atoms with Gasteiger partial charge in [-0.2, -0.15) is 0 Å². The number of para-hydroxylation sites is 1. The monoisotopic (exact) mass is 338 g/mol. The number of rotatable bonds is 5. The molecule has 1 saturated carbocycles. The van der Waals surface area contributed by atoms with Crippen molar-refractivity contribution in [3.8, 4) is 0 Å². The minimum atomic E-state index is 0.624. The molecule has 136 valence electrons. The van der Waals surface area contributed by atoms with Gasteiger partial charge in [-0.05, 0) is 62.2 Å². The van der Waals surface area contributed by atoms with Gasteiger partial charge in [-0.3, -0.25) is 0 Å². The number of likely N-dealkylation sites (N-methyl/N-ethyl adjacent to an activating group) is 1. The highest BCUT2D eigenvalue weighted by atomic mass is 15.1. The molecule has 0 bridgehead atoms. The molecule has 0 aliphatic heterocycles. The molecule has 2 aromatic rings. The molecule has 0 unspecified atom stereocenters. The third kappa shape index (κ3) is 3.14. The van der Waals surface area contributed by atoms with Gasteiger partial charge in [-0.15, -0.1) is 0 Å². The summed E-state index contributed by atoms with van der Waals surface area (Å²) in [4.78, 5) is 2.55. The molecule has 0 saturated heterocycles. The van der Waals surface area contributed by atoms with Crippen LogP contribution >= 0.6 is 0 Å². The molecule has 2 heteroatoms. The summed E-state index contributed by atoms with van der Waals surface area (Å²) >= 11 is 0. The molecule has 2 nitrogen and oxygen atoms in total. The molecule has 1 fully saturated rings. The molecule has 2 aliphatic carbocycles. The first-order valence-corrected chi connectivity index (χ1v) is 10.6. The normalized spacial score (nSPS) is 19.6. The molecule has 1 spiro atoms. The minimum absolute atomic E-state index is 0.624. The zero-order valence-electron chi connectivity index (χ0n) is 16.2. The lowest BCUT2D eigenvalue weighted by molar-refractivity contribution is 0.161. The maximum Gasteiger partial charge on any atom is 0.0485 e. The van der Waals surface area contributed by atoms with Gasteiger partial charge in [-0.25, -0.2) is 0 Å². The Balaban J connectivity index is 1.68. The van der Waals surface area contributed by atoms with Crippen molar-refractivity contribution in [2.75, 3.05) is 19.6 Å². The van der Waals surface area contributed by atoms with Gasteiger partial charge in [0.25, 0.3) is 0 Å². The summed E-state index contributed by atoms with van der Waals surface area (Å²) in [6, 6.07) is 9.19. The summed E-state index contributed by atoms with van der Waals surface area (Å²) < 4.78 is 2.67. The fourth-order valence-corrected chi connectivity index (χ4v) is 5.52. The summed E-state index contributed by atoms with van der Waals surface area (Å²) in [5.74, 6) is 0. The zero-order valence-corrected chi connectivity index (χ0v) is 16.2. The van der Waals surface area contributed by atoms with Crippen LogP contribution in [0.15, 0.2) is 24.3 Å². The Morgan fingerprint density at radius 2 is 1.76 bits per heavy atom. The lowest BCUT2D eigenvalue weighted by Crippen LogP contribution is -2.32. The van der Waals surface area contributed by atoms with Crippen LogP contribution in [0.4, 0.5) is 0 Å². The van der Waals surface area contributed by atoms with Crippen LogP contribution < -0.4 is 0 Å². The van der Waals surface area contributed by atoms with Gasteiger partial charge in [0.1, 0.15) is 0 Å². The molecule has 0 atom stereocenters. The van der Waals surface area contributed by atoms with Crippen LogP contribution in [0.3, 0.4) is 0 Å². The quantitative estimate of drug-likeness (QED) is 0.706. The van der Waals surface area contributed by atoms with Crippen molar-refractivity contribution < 1.29 is 0 Å². The predicted molar refractivity (Wildman–Crippen MR) is 107 cm³/mol. The standard InChI is InChI=1S/C23H34N2/c1-3-24(4-2)16-17-25-21-11-7-6-10-19(21)20-18-23(15-12-22(20)25)13-8-5-9-14-23/h6-7,10-11H,3-5,8-9,12-18H2,1-2H3. The Kier molecular flexibility index (Phi) is 4.90. The van der Waals surface area contributed by atoms with Gasteiger partial charge < -0.3 is 9.47 Å². The molecule has 25 heavy (non-hydrogen) atoms. The Labute approximate surface area is 153 Å². The molecule has 2 aliphatic rings. The molecule has 1 aromatic heterocycles. The van der Waals surface area contributed by atoms with Crippen LogP contribution in [0.1, 0.15) is 63.6 Å². The highest BCUT2D eigenvalue weighted by Crippen LogP contribution is 2.48. The first kappa shape index (κ1) is 17.1. The molecule has 0 radical (unpaired) electrons. The first-order chi connectivity index (χ1) is 12.3. The summed E-state index contributed by atoms with van der Waals surface area (Å²) in [6.45, 7) is 9.18. The second kappa shape index (κ2) is 7.15. The third-order valence-corrected chi connectivity index (χ3v) is 7.09. The Hall–Kier alpha value is -1.28. The summed E-state index contributed by atoms with van der Waals surface area (Å²) in [6.07, 6.45) is 11.3. The fraction of sp³-hybridized carbons (Fsp3) is 0.652. The van der Waals surface area contributed by atoms with E-state index in [4.69, 9.17) is 0 Å². The van der Waals surface area contributed by atoms with Crippen LogP contribution in [0.25, 0.3) is 10.9 Å². The third-order valence-electron chi connectivity index (χ3n) is 7.09.